The van der Waals surface area contributed by atoms with Gasteiger partial charge in [0.1, 0.15) is 5.75 Å². The van der Waals surface area contributed by atoms with Crippen LogP contribution in [0.1, 0.15) is 29.9 Å². The molecule has 0 spiro atoms. The molecule has 1 aromatic heterocycles. The molecule has 1 fully saturated rings. The molecule has 0 radical (unpaired) electrons. The number of H-pyrrole nitrogens is 1. The second kappa shape index (κ2) is 7.11. The molecule has 3 rings (SSSR count). The zero-order chi connectivity index (χ0) is 18.0. The monoisotopic (exact) mass is 342 g/mol. The number of hydrogen-bond acceptors (Lipinski definition) is 4. The number of aromatic nitrogens is 1. The van der Waals surface area contributed by atoms with Crippen molar-refractivity contribution in [3.63, 3.8) is 0 Å². The number of benzene rings is 1. The zero-order valence-corrected chi connectivity index (χ0v) is 14.7. The van der Waals surface area contributed by atoms with Gasteiger partial charge in [-0.3, -0.25) is 9.59 Å². The Kier molecular flexibility index (Phi) is 4.90. The lowest BCUT2D eigenvalue weighted by atomic mass is 10.0. The first kappa shape index (κ1) is 17.2. The topological polar surface area (TPSA) is 71.6 Å². The standard InChI is InChI=1S/C19H22N2O4/c1-12(2)10-16-17(14-11-13(24-3)4-5-15(14)20-16)18(22)19(23)21-6-8-25-9-7-21/h4-5,10-11,20H,6-9H2,1-3H3. The van der Waals surface area contributed by atoms with Crippen LogP contribution in [0.4, 0.5) is 0 Å². The molecule has 1 aliphatic heterocycles. The second-order valence-corrected chi connectivity index (χ2v) is 6.28. The maximum absolute atomic E-state index is 13.0. The maximum atomic E-state index is 13.0. The fraction of sp³-hybridized carbons (Fsp3) is 0.368. The fourth-order valence-corrected chi connectivity index (χ4v) is 2.98. The summed E-state index contributed by atoms with van der Waals surface area (Å²) in [7, 11) is 1.57. The van der Waals surface area contributed by atoms with Crippen LogP contribution >= 0.6 is 0 Å². The van der Waals surface area contributed by atoms with Gasteiger partial charge in [-0.15, -0.1) is 0 Å². The number of nitrogens with one attached hydrogen (secondary N) is 1. The van der Waals surface area contributed by atoms with Gasteiger partial charge < -0.3 is 19.4 Å². The average Bonchev–Trinajstić information content (AvgIpc) is 2.97. The number of fused-ring (bicyclic) bond motifs is 1. The Balaban J connectivity index is 2.09. The summed E-state index contributed by atoms with van der Waals surface area (Å²) in [6, 6.07) is 5.46. The van der Waals surface area contributed by atoms with Crippen LogP contribution in [0, 0.1) is 0 Å². The number of rotatable bonds is 4. The van der Waals surface area contributed by atoms with Crippen molar-refractivity contribution in [3.05, 3.63) is 35.0 Å². The first-order valence-corrected chi connectivity index (χ1v) is 8.27. The number of hydrogen-bond donors (Lipinski definition) is 1. The van der Waals surface area contributed by atoms with Gasteiger partial charge in [0, 0.05) is 24.0 Å². The molecule has 1 aromatic carbocycles. The number of carbonyl (C=O) groups excluding carboxylic acids is 2. The van der Waals surface area contributed by atoms with Crippen LogP contribution in [0.3, 0.4) is 0 Å². The van der Waals surface area contributed by atoms with Crippen molar-refractivity contribution in [1.82, 2.24) is 9.88 Å². The number of nitrogens with zero attached hydrogens (tertiary/aromatic N) is 1. The number of ether oxygens (including phenoxy) is 2. The van der Waals surface area contributed by atoms with Crippen LogP contribution in [0.5, 0.6) is 5.75 Å². The molecule has 25 heavy (non-hydrogen) atoms. The van der Waals surface area contributed by atoms with Crippen LogP contribution in [-0.4, -0.2) is 55.0 Å². The number of carbonyl (C=O) groups is 2. The second-order valence-electron chi connectivity index (χ2n) is 6.28. The Hall–Kier alpha value is -2.60. The lowest BCUT2D eigenvalue weighted by Crippen LogP contribution is -2.44. The van der Waals surface area contributed by atoms with E-state index in [4.69, 9.17) is 9.47 Å². The van der Waals surface area contributed by atoms with Gasteiger partial charge in [0.25, 0.3) is 11.7 Å². The quantitative estimate of drug-likeness (QED) is 0.685. The van der Waals surface area contributed by atoms with Gasteiger partial charge in [-0.05, 0) is 38.1 Å². The van der Waals surface area contributed by atoms with E-state index in [9.17, 15) is 9.59 Å². The van der Waals surface area contributed by atoms with Crippen molar-refractivity contribution < 1.29 is 19.1 Å². The van der Waals surface area contributed by atoms with Crippen molar-refractivity contribution in [3.8, 4) is 5.75 Å². The van der Waals surface area contributed by atoms with Gasteiger partial charge in [-0.25, -0.2) is 0 Å². The summed E-state index contributed by atoms with van der Waals surface area (Å²) in [5, 5.41) is 0.693. The van der Waals surface area contributed by atoms with Crippen LogP contribution in [0.15, 0.2) is 23.8 Å². The van der Waals surface area contributed by atoms with Gasteiger partial charge >= 0.3 is 0 Å². The lowest BCUT2D eigenvalue weighted by Gasteiger charge is -2.26. The Bertz CT molecular complexity index is 840. The van der Waals surface area contributed by atoms with Gasteiger partial charge in [0.2, 0.25) is 0 Å². The largest absolute Gasteiger partial charge is 0.497 e. The number of amides is 1. The predicted octanol–water partition coefficient (Wildman–Crippen LogP) is 2.64. The number of methoxy groups -OCH3 is 1. The summed E-state index contributed by atoms with van der Waals surface area (Å²) >= 11 is 0. The van der Waals surface area contributed by atoms with Gasteiger partial charge in [0.05, 0.1) is 31.6 Å². The smallest absolute Gasteiger partial charge is 0.295 e. The first-order chi connectivity index (χ1) is 12.0. The summed E-state index contributed by atoms with van der Waals surface area (Å²) in [5.41, 5.74) is 2.87. The minimum Gasteiger partial charge on any atom is -0.497 e. The first-order valence-electron chi connectivity index (χ1n) is 8.27. The number of morpholine rings is 1. The normalized spacial score (nSPS) is 14.4. The Labute approximate surface area is 146 Å². The van der Waals surface area contributed by atoms with E-state index in [0.717, 1.165) is 11.1 Å². The molecule has 0 unspecified atom stereocenters. The minimum absolute atomic E-state index is 0.395. The lowest BCUT2D eigenvalue weighted by molar-refractivity contribution is -0.130. The van der Waals surface area contributed by atoms with Gasteiger partial charge in [-0.1, -0.05) is 5.57 Å². The van der Waals surface area contributed by atoms with E-state index < -0.39 is 11.7 Å². The van der Waals surface area contributed by atoms with E-state index in [-0.39, 0.29) is 0 Å². The molecule has 0 aliphatic carbocycles. The molecular weight excluding hydrogens is 320 g/mol. The molecule has 0 bridgehead atoms. The molecule has 132 valence electrons. The van der Waals surface area contributed by atoms with E-state index in [1.165, 1.54) is 0 Å². The molecule has 0 atom stereocenters. The van der Waals surface area contributed by atoms with Crippen LogP contribution < -0.4 is 4.74 Å². The third-order valence-electron chi connectivity index (χ3n) is 4.19. The third kappa shape index (κ3) is 3.44. The van der Waals surface area contributed by atoms with Crippen molar-refractivity contribution >= 4 is 28.7 Å². The van der Waals surface area contributed by atoms with E-state index in [2.05, 4.69) is 4.98 Å². The number of aromatic amines is 1. The molecular formula is C19H22N2O4. The van der Waals surface area contributed by atoms with Crippen molar-refractivity contribution in [2.45, 2.75) is 13.8 Å². The van der Waals surface area contributed by atoms with Crippen molar-refractivity contribution in [2.24, 2.45) is 0 Å². The van der Waals surface area contributed by atoms with E-state index in [1.807, 2.05) is 32.1 Å². The SMILES string of the molecule is COc1ccc2[nH]c(C=C(C)C)c(C(=O)C(=O)N3CCOCC3)c2c1. The van der Waals surface area contributed by atoms with Gasteiger partial charge in [-0.2, -0.15) is 0 Å². The summed E-state index contributed by atoms with van der Waals surface area (Å²) in [4.78, 5) is 30.5. The predicted molar refractivity (Wildman–Crippen MR) is 95.9 cm³/mol. The highest BCUT2D eigenvalue weighted by Crippen LogP contribution is 2.29. The highest BCUT2D eigenvalue weighted by Gasteiger charge is 2.29. The highest BCUT2D eigenvalue weighted by atomic mass is 16.5. The highest BCUT2D eigenvalue weighted by molar-refractivity contribution is 6.45. The van der Waals surface area contributed by atoms with Crippen molar-refractivity contribution in [1.29, 1.82) is 0 Å². The molecule has 1 saturated heterocycles. The van der Waals surface area contributed by atoms with E-state index in [1.54, 1.807) is 18.1 Å². The molecule has 6 heteroatoms. The summed E-state index contributed by atoms with van der Waals surface area (Å²) < 4.78 is 10.5. The van der Waals surface area contributed by atoms with Crippen molar-refractivity contribution in [2.75, 3.05) is 33.4 Å². The molecule has 6 nitrogen and oxygen atoms in total. The third-order valence-corrected chi connectivity index (χ3v) is 4.19. The summed E-state index contributed by atoms with van der Waals surface area (Å²) in [6.45, 7) is 5.69. The molecule has 0 saturated carbocycles. The van der Waals surface area contributed by atoms with Crippen LogP contribution in [0.2, 0.25) is 0 Å². The molecule has 2 heterocycles. The van der Waals surface area contributed by atoms with Crippen LogP contribution in [-0.2, 0) is 9.53 Å². The minimum atomic E-state index is -0.506. The Morgan fingerprint density at radius 3 is 2.60 bits per heavy atom. The molecule has 1 N–H and O–H groups in total. The Morgan fingerprint density at radius 1 is 1.24 bits per heavy atom. The summed E-state index contributed by atoms with van der Waals surface area (Å²) in [6.07, 6.45) is 1.88. The molecule has 1 aliphatic rings. The summed E-state index contributed by atoms with van der Waals surface area (Å²) in [5.74, 6) is -0.354. The average molecular weight is 342 g/mol. The maximum Gasteiger partial charge on any atom is 0.295 e. The fourth-order valence-electron chi connectivity index (χ4n) is 2.98. The number of allylic oxidation sites excluding steroid dienone is 1. The molecule has 2 aromatic rings. The van der Waals surface area contributed by atoms with Gasteiger partial charge in [0.15, 0.2) is 0 Å². The Morgan fingerprint density at radius 2 is 1.96 bits per heavy atom. The molecule has 1 amide bonds. The number of ketones is 1. The number of Topliss-reactive ketones (excluding diaryl/α,β-unsaturated/α-hetero) is 1. The van der Waals surface area contributed by atoms with Crippen LogP contribution in [0.25, 0.3) is 17.0 Å². The van der Waals surface area contributed by atoms with E-state index in [0.29, 0.717) is 48.7 Å². The zero-order valence-electron chi connectivity index (χ0n) is 14.7. The van der Waals surface area contributed by atoms with E-state index >= 15 is 0 Å².